The van der Waals surface area contributed by atoms with E-state index in [2.05, 4.69) is 48.5 Å². The standard InChI is InChI=1S/C19H20N2OS/c1-12-9-13(2)14-11-16(20-15(14)10-12)19(22)21-7-3-5-17(21)18-6-4-8-23-18/h4,6,8-11,17,20H,3,5,7H2,1-2H3. The highest BCUT2D eigenvalue weighted by Gasteiger charge is 2.31. The number of likely N-dealkylation sites (tertiary alicyclic amines) is 1. The number of thiophene rings is 1. The van der Waals surface area contributed by atoms with Crippen LogP contribution in [0.1, 0.15) is 45.4 Å². The van der Waals surface area contributed by atoms with Crippen LogP contribution in [0.4, 0.5) is 0 Å². The Morgan fingerprint density at radius 1 is 1.30 bits per heavy atom. The summed E-state index contributed by atoms with van der Waals surface area (Å²) < 4.78 is 0. The largest absolute Gasteiger partial charge is 0.351 e. The van der Waals surface area contributed by atoms with Crippen LogP contribution in [0.2, 0.25) is 0 Å². The molecule has 0 spiro atoms. The third-order valence-electron chi connectivity index (χ3n) is 4.70. The number of H-pyrrole nitrogens is 1. The molecule has 1 amide bonds. The SMILES string of the molecule is Cc1cc(C)c2cc(C(=O)N3CCCC3c3cccs3)[nH]c2c1. The van der Waals surface area contributed by atoms with E-state index in [0.717, 1.165) is 30.3 Å². The van der Waals surface area contributed by atoms with Crippen LogP contribution in [0, 0.1) is 13.8 Å². The van der Waals surface area contributed by atoms with Crippen molar-refractivity contribution in [2.45, 2.75) is 32.7 Å². The highest BCUT2D eigenvalue weighted by Crippen LogP contribution is 2.35. The molecule has 0 bridgehead atoms. The minimum absolute atomic E-state index is 0.120. The number of aryl methyl sites for hydroxylation is 2. The fourth-order valence-corrected chi connectivity index (χ4v) is 4.53. The predicted octanol–water partition coefficient (Wildman–Crippen LogP) is 4.82. The summed E-state index contributed by atoms with van der Waals surface area (Å²) in [7, 11) is 0. The Bertz CT molecular complexity index is 863. The molecule has 1 aliphatic heterocycles. The van der Waals surface area contributed by atoms with E-state index in [1.165, 1.54) is 16.0 Å². The van der Waals surface area contributed by atoms with E-state index in [1.807, 2.05) is 11.0 Å². The maximum Gasteiger partial charge on any atom is 0.270 e. The summed E-state index contributed by atoms with van der Waals surface area (Å²) in [6.45, 7) is 5.03. The van der Waals surface area contributed by atoms with Crippen molar-refractivity contribution in [3.05, 3.63) is 57.4 Å². The van der Waals surface area contributed by atoms with Crippen LogP contribution in [0.5, 0.6) is 0 Å². The predicted molar refractivity (Wildman–Crippen MR) is 95.1 cm³/mol. The summed E-state index contributed by atoms with van der Waals surface area (Å²) in [5, 5.41) is 3.23. The molecule has 1 N–H and O–H groups in total. The molecule has 4 rings (SSSR count). The van der Waals surface area contributed by atoms with E-state index in [9.17, 15) is 4.79 Å². The van der Waals surface area contributed by atoms with Gasteiger partial charge in [0.15, 0.2) is 0 Å². The molecule has 1 aliphatic rings. The van der Waals surface area contributed by atoms with Gasteiger partial charge in [0.2, 0.25) is 0 Å². The monoisotopic (exact) mass is 324 g/mol. The molecule has 3 nitrogen and oxygen atoms in total. The van der Waals surface area contributed by atoms with Gasteiger partial charge in [0.1, 0.15) is 5.69 Å². The van der Waals surface area contributed by atoms with E-state index in [-0.39, 0.29) is 11.9 Å². The van der Waals surface area contributed by atoms with Gasteiger partial charge in [0.25, 0.3) is 5.91 Å². The fraction of sp³-hybridized carbons (Fsp3) is 0.316. The van der Waals surface area contributed by atoms with Gasteiger partial charge in [-0.05, 0) is 61.4 Å². The van der Waals surface area contributed by atoms with Gasteiger partial charge in [-0.25, -0.2) is 0 Å². The zero-order valence-electron chi connectivity index (χ0n) is 13.4. The van der Waals surface area contributed by atoms with Gasteiger partial charge in [-0.2, -0.15) is 0 Å². The smallest absolute Gasteiger partial charge is 0.270 e. The van der Waals surface area contributed by atoms with E-state index in [0.29, 0.717) is 5.69 Å². The lowest BCUT2D eigenvalue weighted by molar-refractivity contribution is 0.0733. The molecule has 0 radical (unpaired) electrons. The van der Waals surface area contributed by atoms with Crippen molar-refractivity contribution in [2.24, 2.45) is 0 Å². The minimum atomic E-state index is 0.120. The number of nitrogens with zero attached hydrogens (tertiary/aromatic N) is 1. The van der Waals surface area contributed by atoms with Crippen molar-refractivity contribution >= 4 is 28.1 Å². The number of hydrogen-bond donors (Lipinski definition) is 1. The van der Waals surface area contributed by atoms with Crippen molar-refractivity contribution in [3.8, 4) is 0 Å². The Morgan fingerprint density at radius 2 is 2.17 bits per heavy atom. The van der Waals surface area contributed by atoms with Gasteiger partial charge >= 0.3 is 0 Å². The number of benzene rings is 1. The Kier molecular flexibility index (Phi) is 3.49. The fourth-order valence-electron chi connectivity index (χ4n) is 3.66. The molecule has 2 aromatic heterocycles. The molecule has 4 heteroatoms. The first-order chi connectivity index (χ1) is 11.1. The summed E-state index contributed by atoms with van der Waals surface area (Å²) in [5.74, 6) is 0.120. The second-order valence-corrected chi connectivity index (χ2v) is 7.38. The first-order valence-corrected chi connectivity index (χ1v) is 8.96. The van der Waals surface area contributed by atoms with Gasteiger partial charge in [0, 0.05) is 22.3 Å². The van der Waals surface area contributed by atoms with Gasteiger partial charge in [-0.15, -0.1) is 11.3 Å². The van der Waals surface area contributed by atoms with Crippen molar-refractivity contribution in [2.75, 3.05) is 6.54 Å². The highest BCUT2D eigenvalue weighted by atomic mass is 32.1. The Hall–Kier alpha value is -2.07. The Balaban J connectivity index is 1.70. The normalized spacial score (nSPS) is 18.0. The van der Waals surface area contributed by atoms with Gasteiger partial charge < -0.3 is 9.88 Å². The molecule has 1 saturated heterocycles. The number of rotatable bonds is 2. The van der Waals surface area contributed by atoms with Crippen molar-refractivity contribution in [1.29, 1.82) is 0 Å². The van der Waals surface area contributed by atoms with Crippen LogP contribution in [0.3, 0.4) is 0 Å². The maximum atomic E-state index is 13.0. The Morgan fingerprint density at radius 3 is 2.96 bits per heavy atom. The molecule has 1 atom stereocenters. The summed E-state index contributed by atoms with van der Waals surface area (Å²) in [4.78, 5) is 19.7. The number of aromatic nitrogens is 1. The van der Waals surface area contributed by atoms with E-state index in [1.54, 1.807) is 11.3 Å². The molecular formula is C19H20N2OS. The quantitative estimate of drug-likeness (QED) is 0.720. The molecule has 118 valence electrons. The molecule has 23 heavy (non-hydrogen) atoms. The highest BCUT2D eigenvalue weighted by molar-refractivity contribution is 7.10. The van der Waals surface area contributed by atoms with Crippen LogP contribution in [-0.2, 0) is 0 Å². The third-order valence-corrected chi connectivity index (χ3v) is 5.68. The number of nitrogens with one attached hydrogen (secondary N) is 1. The molecule has 1 unspecified atom stereocenters. The number of carbonyl (C=O) groups excluding carboxylic acids is 1. The first kappa shape index (κ1) is 14.5. The topological polar surface area (TPSA) is 36.1 Å². The molecule has 3 aromatic rings. The molecule has 1 fully saturated rings. The lowest BCUT2D eigenvalue weighted by atomic mass is 10.1. The van der Waals surface area contributed by atoms with Crippen LogP contribution in [0.25, 0.3) is 10.9 Å². The maximum absolute atomic E-state index is 13.0. The van der Waals surface area contributed by atoms with Gasteiger partial charge in [-0.3, -0.25) is 4.79 Å². The van der Waals surface area contributed by atoms with Crippen LogP contribution >= 0.6 is 11.3 Å². The average Bonchev–Trinajstić information content (AvgIpc) is 3.25. The average molecular weight is 324 g/mol. The number of carbonyl (C=O) groups is 1. The summed E-state index contributed by atoms with van der Waals surface area (Å²) in [6.07, 6.45) is 2.14. The summed E-state index contributed by atoms with van der Waals surface area (Å²) >= 11 is 1.74. The van der Waals surface area contributed by atoms with E-state index in [4.69, 9.17) is 0 Å². The second kappa shape index (κ2) is 5.53. The molecule has 1 aromatic carbocycles. The summed E-state index contributed by atoms with van der Waals surface area (Å²) in [6, 6.07) is 10.7. The molecule has 0 aliphatic carbocycles. The Labute approximate surface area is 139 Å². The van der Waals surface area contributed by atoms with Gasteiger partial charge in [-0.1, -0.05) is 12.1 Å². The van der Waals surface area contributed by atoms with E-state index < -0.39 is 0 Å². The zero-order chi connectivity index (χ0) is 16.0. The van der Waals surface area contributed by atoms with Gasteiger partial charge in [0.05, 0.1) is 6.04 Å². The number of fused-ring (bicyclic) bond motifs is 1. The lowest BCUT2D eigenvalue weighted by Gasteiger charge is -2.23. The van der Waals surface area contributed by atoms with E-state index >= 15 is 0 Å². The summed E-state index contributed by atoms with van der Waals surface area (Å²) in [5.41, 5.74) is 4.19. The molecular weight excluding hydrogens is 304 g/mol. The minimum Gasteiger partial charge on any atom is -0.351 e. The van der Waals surface area contributed by atoms with Crippen molar-refractivity contribution in [3.63, 3.8) is 0 Å². The van der Waals surface area contributed by atoms with Crippen LogP contribution in [-0.4, -0.2) is 22.3 Å². The van der Waals surface area contributed by atoms with Crippen LogP contribution in [0.15, 0.2) is 35.7 Å². The molecule has 3 heterocycles. The third kappa shape index (κ3) is 2.47. The second-order valence-electron chi connectivity index (χ2n) is 6.40. The molecule has 0 saturated carbocycles. The zero-order valence-corrected chi connectivity index (χ0v) is 14.2. The van der Waals surface area contributed by atoms with Crippen LogP contribution < -0.4 is 0 Å². The first-order valence-electron chi connectivity index (χ1n) is 8.08. The van der Waals surface area contributed by atoms with Crippen molar-refractivity contribution in [1.82, 2.24) is 9.88 Å². The number of aromatic amines is 1. The number of amides is 1. The number of hydrogen-bond acceptors (Lipinski definition) is 2. The lowest BCUT2D eigenvalue weighted by Crippen LogP contribution is -2.30. The van der Waals surface area contributed by atoms with Crippen molar-refractivity contribution < 1.29 is 4.79 Å².